The van der Waals surface area contributed by atoms with Crippen molar-refractivity contribution in [3.63, 3.8) is 0 Å². The van der Waals surface area contributed by atoms with E-state index in [-0.39, 0.29) is 23.7 Å². The van der Waals surface area contributed by atoms with Gasteiger partial charge in [-0.1, -0.05) is 29.3 Å². The molecule has 0 saturated carbocycles. The van der Waals surface area contributed by atoms with E-state index in [4.69, 9.17) is 27.9 Å². The third kappa shape index (κ3) is 6.72. The number of benzene rings is 1. The molecule has 4 heterocycles. The van der Waals surface area contributed by atoms with Gasteiger partial charge in [0.25, 0.3) is 5.56 Å². The molecule has 216 valence electrons. The summed E-state index contributed by atoms with van der Waals surface area (Å²) in [4.78, 5) is 37.6. The SMILES string of the molecule is CC(C)(C)OC(=O)N1CCCC[C@H]1CN1CCC(n2ncc3nc(NCc4ccc(Cl)c(Cl)c4)[nH]c(=O)c32)CC1. The first-order valence-electron chi connectivity index (χ1n) is 13.9. The number of fused-ring (bicyclic) bond motifs is 1. The highest BCUT2D eigenvalue weighted by Gasteiger charge is 2.33. The van der Waals surface area contributed by atoms with Crippen LogP contribution in [0.1, 0.15) is 64.5 Å². The molecule has 0 radical (unpaired) electrons. The normalized spacial score (nSPS) is 19.2. The Morgan fingerprint density at radius 1 is 1.12 bits per heavy atom. The lowest BCUT2D eigenvalue weighted by atomic mass is 9.99. The average molecular weight is 591 g/mol. The Labute approximate surface area is 244 Å². The molecule has 2 aliphatic heterocycles. The Balaban J connectivity index is 1.20. The van der Waals surface area contributed by atoms with Crippen molar-refractivity contribution in [1.82, 2.24) is 29.5 Å². The number of halogens is 2. The molecule has 1 aromatic carbocycles. The summed E-state index contributed by atoms with van der Waals surface area (Å²) < 4.78 is 7.50. The molecule has 1 amide bonds. The number of hydrogen-bond donors (Lipinski definition) is 2. The summed E-state index contributed by atoms with van der Waals surface area (Å²) in [6.07, 6.45) is 6.30. The van der Waals surface area contributed by atoms with Crippen LogP contribution in [-0.4, -0.2) is 73.5 Å². The number of ether oxygens (including phenoxy) is 1. The van der Waals surface area contributed by atoms with E-state index in [1.165, 1.54) is 0 Å². The standard InChI is InChI=1S/C28H37Cl2N7O3/c1-28(2,3)40-27(39)36-11-5-4-6-20(36)17-35-12-9-19(10-13-35)37-24-23(16-32-37)33-26(34-25(24)38)31-15-18-7-8-21(29)22(30)14-18/h7-8,14,16,19-20H,4-6,9-13,15,17H2,1-3H3,(H2,31,33,34,38)/t20-/m0/s1. The predicted molar refractivity (Wildman–Crippen MR) is 157 cm³/mol. The van der Waals surface area contributed by atoms with E-state index in [0.29, 0.717) is 33.6 Å². The number of nitrogens with one attached hydrogen (secondary N) is 2. The quantitative estimate of drug-likeness (QED) is 0.392. The fourth-order valence-corrected chi connectivity index (χ4v) is 5.88. The van der Waals surface area contributed by atoms with E-state index in [2.05, 4.69) is 25.3 Å². The number of aromatic amines is 1. The first-order chi connectivity index (χ1) is 19.1. The number of likely N-dealkylation sites (tertiary alicyclic amines) is 2. The first kappa shape index (κ1) is 28.7. The molecule has 0 aliphatic carbocycles. The zero-order valence-electron chi connectivity index (χ0n) is 23.3. The maximum absolute atomic E-state index is 13.1. The second kappa shape index (κ2) is 12.0. The van der Waals surface area contributed by atoms with Crippen molar-refractivity contribution in [2.24, 2.45) is 0 Å². The number of amides is 1. The molecule has 0 spiro atoms. The van der Waals surface area contributed by atoms with Crippen LogP contribution in [0.4, 0.5) is 10.7 Å². The lowest BCUT2D eigenvalue weighted by Gasteiger charge is -2.41. The average Bonchev–Trinajstić information content (AvgIpc) is 3.34. The fraction of sp³-hybridized carbons (Fsp3) is 0.571. The Hall–Kier alpha value is -2.82. The predicted octanol–water partition coefficient (Wildman–Crippen LogP) is 5.47. The molecule has 0 bridgehead atoms. The van der Waals surface area contributed by atoms with Crippen LogP contribution >= 0.6 is 23.2 Å². The topological polar surface area (TPSA) is 108 Å². The second-order valence-electron chi connectivity index (χ2n) is 11.7. The molecule has 12 heteroatoms. The molecular formula is C28H37Cl2N7O3. The number of aromatic nitrogens is 4. The van der Waals surface area contributed by atoms with Gasteiger partial charge in [0.05, 0.1) is 22.3 Å². The minimum Gasteiger partial charge on any atom is -0.444 e. The van der Waals surface area contributed by atoms with Crippen LogP contribution in [0.25, 0.3) is 11.0 Å². The maximum atomic E-state index is 13.1. The van der Waals surface area contributed by atoms with Gasteiger partial charge in [0.2, 0.25) is 5.95 Å². The summed E-state index contributed by atoms with van der Waals surface area (Å²) in [5.41, 5.74) is 1.23. The van der Waals surface area contributed by atoms with Gasteiger partial charge >= 0.3 is 6.09 Å². The molecular weight excluding hydrogens is 553 g/mol. The van der Waals surface area contributed by atoms with Gasteiger partial charge in [-0.3, -0.25) is 14.5 Å². The Kier molecular flexibility index (Phi) is 8.58. The summed E-state index contributed by atoms with van der Waals surface area (Å²) in [5.74, 6) is 0.375. The number of carbonyl (C=O) groups excluding carboxylic acids is 1. The van der Waals surface area contributed by atoms with Crippen molar-refractivity contribution < 1.29 is 9.53 Å². The van der Waals surface area contributed by atoms with Crippen molar-refractivity contribution in [2.75, 3.05) is 31.5 Å². The van der Waals surface area contributed by atoms with E-state index >= 15 is 0 Å². The van der Waals surface area contributed by atoms with Crippen LogP contribution < -0.4 is 10.9 Å². The lowest BCUT2D eigenvalue weighted by Crippen LogP contribution is -2.52. The molecule has 0 unspecified atom stereocenters. The summed E-state index contributed by atoms with van der Waals surface area (Å²) in [6, 6.07) is 5.65. The van der Waals surface area contributed by atoms with Gasteiger partial charge in [-0.25, -0.2) is 9.78 Å². The zero-order chi connectivity index (χ0) is 28.4. The van der Waals surface area contributed by atoms with Gasteiger partial charge in [-0.15, -0.1) is 0 Å². The second-order valence-corrected chi connectivity index (χ2v) is 12.5. The van der Waals surface area contributed by atoms with E-state index in [1.807, 2.05) is 36.4 Å². The molecule has 2 aromatic heterocycles. The Morgan fingerprint density at radius 2 is 1.90 bits per heavy atom. The van der Waals surface area contributed by atoms with Crippen molar-refractivity contribution in [3.8, 4) is 0 Å². The number of carbonyl (C=O) groups is 1. The van der Waals surface area contributed by atoms with Gasteiger partial charge in [0, 0.05) is 38.8 Å². The summed E-state index contributed by atoms with van der Waals surface area (Å²) in [7, 11) is 0. The van der Waals surface area contributed by atoms with Crippen LogP contribution in [-0.2, 0) is 11.3 Å². The number of piperidine rings is 2. The summed E-state index contributed by atoms with van der Waals surface area (Å²) >= 11 is 12.1. The van der Waals surface area contributed by atoms with Crippen LogP contribution in [0.15, 0.2) is 29.2 Å². The molecule has 2 fully saturated rings. The van der Waals surface area contributed by atoms with E-state index in [1.54, 1.807) is 18.3 Å². The van der Waals surface area contributed by atoms with Gasteiger partial charge in [0.1, 0.15) is 11.1 Å². The molecule has 3 aromatic rings. The highest BCUT2D eigenvalue weighted by atomic mass is 35.5. The smallest absolute Gasteiger partial charge is 0.410 e. The van der Waals surface area contributed by atoms with Gasteiger partial charge in [-0.2, -0.15) is 5.10 Å². The maximum Gasteiger partial charge on any atom is 0.410 e. The Bertz CT molecular complexity index is 1410. The van der Waals surface area contributed by atoms with Crippen LogP contribution in [0.5, 0.6) is 0 Å². The van der Waals surface area contributed by atoms with Gasteiger partial charge in [-0.05, 0) is 70.6 Å². The number of rotatable bonds is 6. The molecule has 2 saturated heterocycles. The van der Waals surface area contributed by atoms with Crippen molar-refractivity contribution in [1.29, 1.82) is 0 Å². The van der Waals surface area contributed by atoms with Crippen LogP contribution in [0, 0.1) is 0 Å². The van der Waals surface area contributed by atoms with Crippen molar-refractivity contribution in [3.05, 3.63) is 50.4 Å². The number of hydrogen-bond acceptors (Lipinski definition) is 7. The van der Waals surface area contributed by atoms with E-state index in [0.717, 1.165) is 63.8 Å². The molecule has 1 atom stereocenters. The monoisotopic (exact) mass is 589 g/mol. The molecule has 5 rings (SSSR count). The third-order valence-corrected chi connectivity index (χ3v) is 8.27. The van der Waals surface area contributed by atoms with Crippen LogP contribution in [0.2, 0.25) is 10.0 Å². The Morgan fingerprint density at radius 3 is 2.62 bits per heavy atom. The minimum atomic E-state index is -0.501. The highest BCUT2D eigenvalue weighted by Crippen LogP contribution is 2.27. The first-order valence-corrected chi connectivity index (χ1v) is 14.7. The third-order valence-electron chi connectivity index (χ3n) is 7.53. The minimum absolute atomic E-state index is 0.111. The van der Waals surface area contributed by atoms with Crippen molar-refractivity contribution in [2.45, 2.75) is 77.1 Å². The van der Waals surface area contributed by atoms with Crippen LogP contribution in [0.3, 0.4) is 0 Å². The molecule has 10 nitrogen and oxygen atoms in total. The number of anilines is 1. The lowest BCUT2D eigenvalue weighted by molar-refractivity contribution is 0.00348. The molecule has 2 aliphatic rings. The fourth-order valence-electron chi connectivity index (χ4n) is 5.56. The van der Waals surface area contributed by atoms with E-state index in [9.17, 15) is 9.59 Å². The molecule has 40 heavy (non-hydrogen) atoms. The largest absolute Gasteiger partial charge is 0.444 e. The number of nitrogens with zero attached hydrogens (tertiary/aromatic N) is 5. The van der Waals surface area contributed by atoms with Gasteiger partial charge in [0.15, 0.2) is 5.52 Å². The van der Waals surface area contributed by atoms with Crippen molar-refractivity contribution >= 4 is 46.3 Å². The summed E-state index contributed by atoms with van der Waals surface area (Å²) in [6.45, 7) is 9.48. The zero-order valence-corrected chi connectivity index (χ0v) is 24.8. The molecule has 2 N–H and O–H groups in total. The van der Waals surface area contributed by atoms with E-state index < -0.39 is 5.60 Å². The summed E-state index contributed by atoms with van der Waals surface area (Å²) in [5, 5.41) is 8.68. The highest BCUT2D eigenvalue weighted by molar-refractivity contribution is 6.42. The van der Waals surface area contributed by atoms with Gasteiger partial charge < -0.3 is 19.9 Å². The number of H-pyrrole nitrogens is 1.